The Kier molecular flexibility index (Phi) is 10.2. The molecule has 0 spiro atoms. The van der Waals surface area contributed by atoms with E-state index >= 15 is 0 Å². The van der Waals surface area contributed by atoms with Crippen molar-refractivity contribution in [3.8, 4) is 0 Å². The monoisotopic (exact) mass is 312 g/mol. The Morgan fingerprint density at radius 2 is 1.22 bits per heavy atom. The molecule has 0 amide bonds. The van der Waals surface area contributed by atoms with Crippen LogP contribution in [0, 0.1) is 18.1 Å². The van der Waals surface area contributed by atoms with E-state index in [1.165, 1.54) is 17.0 Å². The van der Waals surface area contributed by atoms with Gasteiger partial charge in [0.25, 0.3) is 0 Å². The molecule has 0 unspecified atom stereocenters. The maximum Gasteiger partial charge on any atom is 3.00 e. The summed E-state index contributed by atoms with van der Waals surface area (Å²) in [4.78, 5) is 0. The van der Waals surface area contributed by atoms with Crippen molar-refractivity contribution in [3.05, 3.63) is 77.7 Å². The summed E-state index contributed by atoms with van der Waals surface area (Å²) >= 11 is 0. The van der Waals surface area contributed by atoms with Crippen molar-refractivity contribution in [2.75, 3.05) is 0 Å². The van der Waals surface area contributed by atoms with Gasteiger partial charge in [0, 0.05) is 0 Å². The SMILES string of the molecule is C[C-](C)C.[Y+3].[c-]1ccccc1Cc1[c-]cccc1. The molecule has 0 bridgehead atoms. The second-order valence-corrected chi connectivity index (χ2v) is 4.45. The fourth-order valence-electron chi connectivity index (χ4n) is 1.29. The van der Waals surface area contributed by atoms with Gasteiger partial charge in [0.2, 0.25) is 0 Å². The van der Waals surface area contributed by atoms with Gasteiger partial charge in [-0.3, -0.25) is 0 Å². The summed E-state index contributed by atoms with van der Waals surface area (Å²) in [6.45, 7) is 6.25. The first kappa shape index (κ1) is 17.5. The van der Waals surface area contributed by atoms with Gasteiger partial charge in [0.1, 0.15) is 0 Å². The zero-order valence-corrected chi connectivity index (χ0v) is 14.2. The summed E-state index contributed by atoms with van der Waals surface area (Å²) in [5.74, 6) is 1.42. The van der Waals surface area contributed by atoms with Crippen LogP contribution in [0.4, 0.5) is 0 Å². The van der Waals surface area contributed by atoms with Crippen LogP contribution in [0.5, 0.6) is 0 Å². The maximum absolute atomic E-state index is 3.20. The molecule has 18 heavy (non-hydrogen) atoms. The van der Waals surface area contributed by atoms with Crippen molar-refractivity contribution >= 4 is 0 Å². The van der Waals surface area contributed by atoms with Gasteiger partial charge in [-0.25, -0.2) is 0 Å². The molecule has 0 aliphatic carbocycles. The smallest absolute Gasteiger partial charge is 0.323 e. The van der Waals surface area contributed by atoms with Gasteiger partial charge >= 0.3 is 32.7 Å². The first-order valence-corrected chi connectivity index (χ1v) is 5.86. The van der Waals surface area contributed by atoms with Gasteiger partial charge in [-0.2, -0.15) is 92.6 Å². The summed E-state index contributed by atoms with van der Waals surface area (Å²) in [7, 11) is 0. The van der Waals surface area contributed by atoms with Crippen molar-refractivity contribution in [2.24, 2.45) is 0 Å². The van der Waals surface area contributed by atoms with Gasteiger partial charge in [0.15, 0.2) is 0 Å². The zero-order valence-electron chi connectivity index (χ0n) is 11.4. The standard InChI is InChI=1S/C13H10.C4H9.Y/c1-3-7-12(8-4-1)11-13-9-5-2-6-10-13;1-4(2)3;/h1-7,9H,11H2;1-3H3;/q-2;-1;+3. The molecular formula is C17H19Y. The Labute approximate surface area is 137 Å². The first-order valence-electron chi connectivity index (χ1n) is 5.86. The van der Waals surface area contributed by atoms with E-state index in [1.807, 2.05) is 36.4 Å². The van der Waals surface area contributed by atoms with Crippen LogP contribution in [0.3, 0.4) is 0 Å². The minimum Gasteiger partial charge on any atom is -0.323 e. The largest absolute Gasteiger partial charge is 3.00 e. The molecule has 0 aliphatic heterocycles. The molecule has 0 fully saturated rings. The van der Waals surface area contributed by atoms with Crippen molar-refractivity contribution in [2.45, 2.75) is 27.2 Å². The van der Waals surface area contributed by atoms with Crippen LogP contribution in [-0.4, -0.2) is 0 Å². The number of hydrogen-bond donors (Lipinski definition) is 0. The zero-order chi connectivity index (χ0) is 12.5. The Morgan fingerprint density at radius 3 is 1.50 bits per heavy atom. The molecule has 0 aliphatic rings. The maximum atomic E-state index is 3.20. The van der Waals surface area contributed by atoms with Gasteiger partial charge in [-0.1, -0.05) is 0 Å². The van der Waals surface area contributed by atoms with Gasteiger partial charge in [-0.05, 0) is 6.42 Å². The van der Waals surface area contributed by atoms with E-state index < -0.39 is 0 Å². The van der Waals surface area contributed by atoms with Crippen LogP contribution in [0.15, 0.2) is 48.5 Å². The second kappa shape index (κ2) is 10.5. The van der Waals surface area contributed by atoms with E-state index in [4.69, 9.17) is 0 Å². The summed E-state index contributed by atoms with van der Waals surface area (Å²) in [6.07, 6.45) is 0.918. The Balaban J connectivity index is 0.000000512. The minimum atomic E-state index is 0. The number of benzene rings is 2. The average molecular weight is 312 g/mol. The minimum absolute atomic E-state index is 0. The van der Waals surface area contributed by atoms with Crippen LogP contribution in [0.25, 0.3) is 0 Å². The van der Waals surface area contributed by atoms with E-state index in [0.717, 1.165) is 6.42 Å². The molecule has 0 nitrogen and oxygen atoms in total. The van der Waals surface area contributed by atoms with Gasteiger partial charge in [-0.15, -0.1) is 0 Å². The third-order valence-corrected chi connectivity index (χ3v) is 1.93. The second-order valence-electron chi connectivity index (χ2n) is 4.45. The topological polar surface area (TPSA) is 0 Å². The predicted molar refractivity (Wildman–Crippen MR) is 73.6 cm³/mol. The molecule has 0 N–H and O–H groups in total. The fourth-order valence-corrected chi connectivity index (χ4v) is 1.29. The van der Waals surface area contributed by atoms with E-state index in [2.05, 4.69) is 45.0 Å². The summed E-state index contributed by atoms with van der Waals surface area (Å²) < 4.78 is 0. The van der Waals surface area contributed by atoms with Crippen LogP contribution in [0.1, 0.15) is 31.9 Å². The molecule has 90 valence electrons. The normalized spacial score (nSPS) is 9.11. The average Bonchev–Trinajstić information content (AvgIpc) is 2.31. The number of hydrogen-bond acceptors (Lipinski definition) is 0. The van der Waals surface area contributed by atoms with E-state index in [1.54, 1.807) is 0 Å². The third-order valence-electron chi connectivity index (χ3n) is 1.93. The van der Waals surface area contributed by atoms with E-state index in [-0.39, 0.29) is 32.7 Å². The fraction of sp³-hybridized carbons (Fsp3) is 0.235. The van der Waals surface area contributed by atoms with E-state index in [0.29, 0.717) is 0 Å². The Morgan fingerprint density at radius 1 is 0.833 bits per heavy atom. The Hall–Kier alpha value is -0.456. The van der Waals surface area contributed by atoms with Crippen LogP contribution in [0.2, 0.25) is 0 Å². The van der Waals surface area contributed by atoms with Gasteiger partial charge in [0.05, 0.1) is 0 Å². The predicted octanol–water partition coefficient (Wildman–Crippen LogP) is 4.50. The molecule has 2 rings (SSSR count). The molecule has 2 aromatic carbocycles. The molecule has 0 atom stereocenters. The quantitative estimate of drug-likeness (QED) is 0.717. The summed E-state index contributed by atoms with van der Waals surface area (Å²) in [6, 6.07) is 22.5. The first-order chi connectivity index (χ1) is 8.18. The van der Waals surface area contributed by atoms with Crippen molar-refractivity contribution in [1.29, 1.82) is 0 Å². The molecular weight excluding hydrogens is 293 g/mol. The van der Waals surface area contributed by atoms with Crippen LogP contribution < -0.4 is 0 Å². The van der Waals surface area contributed by atoms with E-state index in [9.17, 15) is 0 Å². The molecule has 2 aromatic rings. The van der Waals surface area contributed by atoms with Crippen LogP contribution in [-0.2, 0) is 39.1 Å². The molecule has 0 saturated carbocycles. The van der Waals surface area contributed by atoms with Gasteiger partial charge < -0.3 is 5.92 Å². The number of rotatable bonds is 2. The third kappa shape index (κ3) is 8.61. The molecule has 0 saturated heterocycles. The molecule has 0 heterocycles. The van der Waals surface area contributed by atoms with Crippen molar-refractivity contribution in [3.63, 3.8) is 0 Å². The molecule has 1 heteroatoms. The van der Waals surface area contributed by atoms with Crippen LogP contribution >= 0.6 is 0 Å². The molecule has 0 radical (unpaired) electrons. The summed E-state index contributed by atoms with van der Waals surface area (Å²) in [5.41, 5.74) is 2.43. The Bertz CT molecular complexity index is 352. The molecule has 0 aromatic heterocycles. The summed E-state index contributed by atoms with van der Waals surface area (Å²) in [5, 5.41) is 0. The van der Waals surface area contributed by atoms with Crippen molar-refractivity contribution < 1.29 is 32.7 Å². The van der Waals surface area contributed by atoms with Crippen molar-refractivity contribution in [1.82, 2.24) is 0 Å².